The Hall–Kier alpha value is -1.46. The Morgan fingerprint density at radius 2 is 2.20 bits per heavy atom. The average molecular weight is 230 g/mol. The van der Waals surface area contributed by atoms with Gasteiger partial charge >= 0.3 is 0 Å². The molecule has 0 fully saturated rings. The van der Waals surface area contributed by atoms with Gasteiger partial charge in [-0.05, 0) is 0 Å². The Morgan fingerprint density at radius 1 is 1.47 bits per heavy atom. The van der Waals surface area contributed by atoms with Crippen LogP contribution in [-0.4, -0.2) is 23.7 Å². The van der Waals surface area contributed by atoms with Crippen LogP contribution in [0.1, 0.15) is 0 Å². The molecular formula is C9H12ClN3O2. The topological polar surface area (TPSA) is 46.1 Å². The van der Waals surface area contributed by atoms with E-state index < -0.39 is 0 Å². The van der Waals surface area contributed by atoms with Crippen molar-refractivity contribution < 1.29 is 9.57 Å². The molecule has 0 amide bonds. The smallest absolute Gasteiger partial charge is 0.212 e. The summed E-state index contributed by atoms with van der Waals surface area (Å²) < 4.78 is 5.23. The molecule has 0 radical (unpaired) electrons. The molecule has 1 N–H and O–H groups in total. The van der Waals surface area contributed by atoms with Gasteiger partial charge in [0.1, 0.15) is 6.61 Å². The monoisotopic (exact) mass is 229 g/mol. The predicted octanol–water partition coefficient (Wildman–Crippen LogP) is 1.52. The molecule has 0 aromatic heterocycles. The van der Waals surface area contributed by atoms with Gasteiger partial charge in [0.15, 0.2) is 5.17 Å². The van der Waals surface area contributed by atoms with E-state index in [0.717, 1.165) is 5.28 Å². The molecule has 0 atom stereocenters. The Labute approximate surface area is 93.2 Å². The number of hydrazone groups is 1. The van der Waals surface area contributed by atoms with E-state index >= 15 is 0 Å². The highest BCUT2D eigenvalue weighted by Crippen LogP contribution is 2.06. The van der Waals surface area contributed by atoms with Crippen molar-refractivity contribution in [2.75, 3.05) is 13.2 Å². The molecule has 0 bridgehead atoms. The number of nitrogens with one attached hydrogen (secondary N) is 1. The zero-order valence-electron chi connectivity index (χ0n) is 8.15. The minimum atomic E-state index is 0.261. The summed E-state index contributed by atoms with van der Waals surface area (Å²) in [6.45, 7) is 7.73. The maximum absolute atomic E-state index is 5.74. The van der Waals surface area contributed by atoms with Gasteiger partial charge in [-0.15, -0.1) is 11.7 Å². The van der Waals surface area contributed by atoms with E-state index in [0.29, 0.717) is 19.1 Å². The Balaban J connectivity index is 2.50. The minimum Gasteiger partial charge on any atom is -0.474 e. The summed E-state index contributed by atoms with van der Waals surface area (Å²) in [5, 5.41) is 5.20. The SMILES string of the molecule is C=CCOC1=CC(Cl)=NN(OCC=C)N1. The highest BCUT2D eigenvalue weighted by molar-refractivity contribution is 6.68. The molecule has 6 heteroatoms. The van der Waals surface area contributed by atoms with Gasteiger partial charge in [-0.1, -0.05) is 35.6 Å². The fourth-order valence-electron chi connectivity index (χ4n) is 0.782. The van der Waals surface area contributed by atoms with Crippen molar-refractivity contribution in [2.24, 2.45) is 5.10 Å². The molecule has 0 aliphatic carbocycles. The first-order valence-electron chi connectivity index (χ1n) is 4.26. The van der Waals surface area contributed by atoms with Crippen molar-refractivity contribution in [2.45, 2.75) is 0 Å². The lowest BCUT2D eigenvalue weighted by molar-refractivity contribution is -0.188. The minimum absolute atomic E-state index is 0.261. The zero-order chi connectivity index (χ0) is 11.1. The van der Waals surface area contributed by atoms with Gasteiger partial charge in [0.2, 0.25) is 5.88 Å². The summed E-state index contributed by atoms with van der Waals surface area (Å²) in [5.41, 5.74) is 2.74. The van der Waals surface area contributed by atoms with Gasteiger partial charge < -0.3 is 4.74 Å². The van der Waals surface area contributed by atoms with Crippen molar-refractivity contribution >= 4 is 16.8 Å². The molecule has 1 rings (SSSR count). The Bertz CT molecular complexity index is 302. The summed E-state index contributed by atoms with van der Waals surface area (Å²) in [5.74, 6) is 0.443. The number of allylic oxidation sites excluding steroid dienone is 1. The fraction of sp³-hybridized carbons (Fsp3) is 0.222. The molecule has 0 aromatic rings. The lowest BCUT2D eigenvalue weighted by Crippen LogP contribution is -2.37. The number of hydrazine groups is 1. The quantitative estimate of drug-likeness (QED) is 0.702. The molecule has 0 unspecified atom stereocenters. The van der Waals surface area contributed by atoms with Crippen LogP contribution in [0.4, 0.5) is 0 Å². The van der Waals surface area contributed by atoms with Gasteiger partial charge in [-0.2, -0.15) is 0 Å². The number of hydrogen-bond acceptors (Lipinski definition) is 5. The van der Waals surface area contributed by atoms with Crippen LogP contribution in [0.2, 0.25) is 0 Å². The number of rotatable bonds is 6. The van der Waals surface area contributed by atoms with Gasteiger partial charge in [-0.25, -0.2) is 10.3 Å². The molecule has 5 nitrogen and oxygen atoms in total. The Morgan fingerprint density at radius 3 is 2.87 bits per heavy atom. The molecular weight excluding hydrogens is 218 g/mol. The zero-order valence-corrected chi connectivity index (χ0v) is 8.91. The first kappa shape index (κ1) is 11.6. The van der Waals surface area contributed by atoms with E-state index in [4.69, 9.17) is 21.2 Å². The van der Waals surface area contributed by atoms with Crippen LogP contribution in [0, 0.1) is 0 Å². The average Bonchev–Trinajstić information content (AvgIpc) is 2.23. The summed E-state index contributed by atoms with van der Waals surface area (Å²) in [7, 11) is 0. The summed E-state index contributed by atoms with van der Waals surface area (Å²) in [6, 6.07) is 0. The standard InChI is InChI=1S/C9H12ClN3O2/c1-3-5-14-9-7-8(10)11-13(12-9)15-6-4-2/h3-4,7,12H,1-2,5-6H2. The maximum Gasteiger partial charge on any atom is 0.212 e. The molecule has 0 saturated carbocycles. The second-order valence-electron chi connectivity index (χ2n) is 2.50. The normalized spacial score (nSPS) is 14.9. The third kappa shape index (κ3) is 4.05. The maximum atomic E-state index is 5.74. The van der Waals surface area contributed by atoms with Crippen LogP contribution in [0.15, 0.2) is 42.4 Å². The molecule has 1 heterocycles. The van der Waals surface area contributed by atoms with Crippen LogP contribution < -0.4 is 5.43 Å². The molecule has 15 heavy (non-hydrogen) atoms. The first-order valence-corrected chi connectivity index (χ1v) is 4.64. The predicted molar refractivity (Wildman–Crippen MR) is 58.6 cm³/mol. The second kappa shape index (κ2) is 6.10. The first-order chi connectivity index (χ1) is 7.26. The van der Waals surface area contributed by atoms with E-state index in [1.54, 1.807) is 18.2 Å². The van der Waals surface area contributed by atoms with Crippen LogP contribution in [0.25, 0.3) is 0 Å². The molecule has 0 spiro atoms. The van der Waals surface area contributed by atoms with Gasteiger partial charge in [-0.3, -0.25) is 0 Å². The van der Waals surface area contributed by atoms with E-state index in [1.807, 2.05) is 0 Å². The van der Waals surface area contributed by atoms with Gasteiger partial charge in [0.05, 0.1) is 6.61 Å². The van der Waals surface area contributed by atoms with Gasteiger partial charge in [0, 0.05) is 6.08 Å². The number of hydrogen-bond donors (Lipinski definition) is 1. The van der Waals surface area contributed by atoms with Crippen molar-refractivity contribution in [3.63, 3.8) is 0 Å². The number of ether oxygens (including phenoxy) is 1. The lowest BCUT2D eigenvalue weighted by atomic mass is 10.6. The number of nitrogens with zero attached hydrogens (tertiary/aromatic N) is 2. The third-order valence-electron chi connectivity index (χ3n) is 1.31. The van der Waals surface area contributed by atoms with Crippen LogP contribution in [-0.2, 0) is 9.57 Å². The van der Waals surface area contributed by atoms with Crippen LogP contribution in [0.3, 0.4) is 0 Å². The highest BCUT2D eigenvalue weighted by Gasteiger charge is 2.12. The molecule has 0 saturated heterocycles. The molecule has 82 valence electrons. The Kier molecular flexibility index (Phi) is 4.73. The number of halogens is 1. The van der Waals surface area contributed by atoms with Crippen molar-refractivity contribution in [3.05, 3.63) is 37.3 Å². The molecule has 0 aromatic carbocycles. The van der Waals surface area contributed by atoms with Crippen LogP contribution in [0.5, 0.6) is 0 Å². The van der Waals surface area contributed by atoms with Gasteiger partial charge in [0.25, 0.3) is 0 Å². The van der Waals surface area contributed by atoms with E-state index in [1.165, 1.54) is 0 Å². The fourth-order valence-corrected chi connectivity index (χ4v) is 0.950. The highest BCUT2D eigenvalue weighted by atomic mass is 35.5. The van der Waals surface area contributed by atoms with E-state index in [9.17, 15) is 0 Å². The van der Waals surface area contributed by atoms with E-state index in [-0.39, 0.29) is 5.17 Å². The largest absolute Gasteiger partial charge is 0.474 e. The van der Waals surface area contributed by atoms with Crippen molar-refractivity contribution in [3.8, 4) is 0 Å². The summed E-state index contributed by atoms with van der Waals surface area (Å²) in [6.07, 6.45) is 4.75. The molecule has 1 aliphatic heterocycles. The van der Waals surface area contributed by atoms with Crippen molar-refractivity contribution in [1.29, 1.82) is 0 Å². The van der Waals surface area contributed by atoms with Crippen molar-refractivity contribution in [1.82, 2.24) is 10.7 Å². The molecule has 1 aliphatic rings. The second-order valence-corrected chi connectivity index (χ2v) is 2.89. The van der Waals surface area contributed by atoms with Crippen LogP contribution >= 0.6 is 11.6 Å². The summed E-state index contributed by atoms with van der Waals surface area (Å²) in [4.78, 5) is 5.10. The van der Waals surface area contributed by atoms with E-state index in [2.05, 4.69) is 23.7 Å². The third-order valence-corrected chi connectivity index (χ3v) is 1.50. The lowest BCUT2D eigenvalue weighted by Gasteiger charge is -2.23. The summed E-state index contributed by atoms with van der Waals surface area (Å²) >= 11 is 5.74.